The average Bonchev–Trinajstić information content (AvgIpc) is 3.27. The van der Waals surface area contributed by atoms with Gasteiger partial charge in [0, 0.05) is 44.1 Å². The van der Waals surface area contributed by atoms with E-state index in [1.165, 1.54) is 6.26 Å². The summed E-state index contributed by atoms with van der Waals surface area (Å²) in [4.78, 5) is 28.8. The molecule has 0 fully saturated rings. The van der Waals surface area contributed by atoms with Crippen LogP contribution in [-0.4, -0.2) is 37.4 Å². The highest BCUT2D eigenvalue weighted by Gasteiger charge is 2.15. The van der Waals surface area contributed by atoms with Crippen molar-refractivity contribution in [1.29, 1.82) is 0 Å². The molecule has 0 saturated heterocycles. The Morgan fingerprint density at radius 3 is 2.21 bits per heavy atom. The number of carbonyl (C=O) groups is 2. The summed E-state index contributed by atoms with van der Waals surface area (Å²) in [6.45, 7) is 3.11. The zero-order valence-electron chi connectivity index (χ0n) is 16.9. The molecule has 2 amide bonds. The van der Waals surface area contributed by atoms with Crippen molar-refractivity contribution in [3.63, 3.8) is 0 Å². The molecule has 0 aliphatic rings. The minimum Gasteiger partial charge on any atom is -0.459 e. The number of nitrogens with zero attached hydrogens (tertiary/aromatic N) is 2. The van der Waals surface area contributed by atoms with Crippen LogP contribution < -0.4 is 10.2 Å². The van der Waals surface area contributed by atoms with E-state index < -0.39 is 0 Å². The number of furan rings is 1. The average molecular weight is 391 g/mol. The van der Waals surface area contributed by atoms with Crippen LogP contribution in [0.1, 0.15) is 33.4 Å². The Labute approximate surface area is 170 Å². The Morgan fingerprint density at radius 1 is 0.966 bits per heavy atom. The van der Waals surface area contributed by atoms with Crippen LogP contribution in [0.5, 0.6) is 0 Å². The van der Waals surface area contributed by atoms with Gasteiger partial charge in [-0.2, -0.15) is 0 Å². The predicted molar refractivity (Wildman–Crippen MR) is 114 cm³/mol. The molecule has 29 heavy (non-hydrogen) atoms. The molecule has 3 rings (SSSR count). The van der Waals surface area contributed by atoms with Gasteiger partial charge in [0.05, 0.1) is 6.26 Å². The van der Waals surface area contributed by atoms with Crippen molar-refractivity contribution in [2.75, 3.05) is 30.9 Å². The summed E-state index contributed by atoms with van der Waals surface area (Å²) in [5.41, 5.74) is 3.38. The quantitative estimate of drug-likeness (QED) is 0.654. The third-order valence-corrected chi connectivity index (χ3v) is 4.63. The molecular weight excluding hydrogens is 366 g/mol. The fourth-order valence-corrected chi connectivity index (χ4v) is 2.93. The first-order chi connectivity index (χ1) is 14.0. The van der Waals surface area contributed by atoms with Gasteiger partial charge in [-0.25, -0.2) is 0 Å². The van der Waals surface area contributed by atoms with Crippen LogP contribution >= 0.6 is 0 Å². The van der Waals surface area contributed by atoms with Crippen molar-refractivity contribution in [3.05, 3.63) is 83.8 Å². The van der Waals surface area contributed by atoms with E-state index in [9.17, 15) is 9.59 Å². The second-order valence-electron chi connectivity index (χ2n) is 6.89. The first kappa shape index (κ1) is 20.2. The second kappa shape index (κ2) is 9.10. The maximum Gasteiger partial charge on any atom is 0.291 e. The van der Waals surface area contributed by atoms with E-state index in [0.29, 0.717) is 24.3 Å². The van der Waals surface area contributed by atoms with Crippen LogP contribution in [0.3, 0.4) is 0 Å². The van der Waals surface area contributed by atoms with E-state index in [4.69, 9.17) is 4.42 Å². The molecule has 0 radical (unpaired) electrons. The summed E-state index contributed by atoms with van der Waals surface area (Å²) < 4.78 is 5.08. The third kappa shape index (κ3) is 5.04. The van der Waals surface area contributed by atoms with Crippen molar-refractivity contribution in [2.24, 2.45) is 0 Å². The van der Waals surface area contributed by atoms with Gasteiger partial charge >= 0.3 is 0 Å². The Hall–Kier alpha value is -3.54. The largest absolute Gasteiger partial charge is 0.459 e. The Morgan fingerprint density at radius 2 is 1.66 bits per heavy atom. The normalized spacial score (nSPS) is 10.4. The molecule has 0 aliphatic heterocycles. The zero-order chi connectivity index (χ0) is 20.8. The van der Waals surface area contributed by atoms with Crippen LogP contribution in [0.15, 0.2) is 71.3 Å². The van der Waals surface area contributed by atoms with E-state index in [2.05, 4.69) is 5.32 Å². The van der Waals surface area contributed by atoms with Crippen LogP contribution in [0.4, 0.5) is 11.4 Å². The Bertz CT molecular complexity index is 946. The lowest BCUT2D eigenvalue weighted by Gasteiger charge is -2.22. The monoisotopic (exact) mass is 391 g/mol. The van der Waals surface area contributed by atoms with Crippen molar-refractivity contribution in [1.82, 2.24) is 4.90 Å². The minimum absolute atomic E-state index is 0.0481. The molecule has 150 valence electrons. The SMILES string of the molecule is CCN(Cc1ccc(N(C)C)cc1)C(=O)c1ccc(NC(=O)c2ccco2)cc1. The Kier molecular flexibility index (Phi) is 6.34. The van der Waals surface area contributed by atoms with Gasteiger partial charge in [-0.05, 0) is 61.0 Å². The van der Waals surface area contributed by atoms with Gasteiger partial charge in [-0.15, -0.1) is 0 Å². The first-order valence-electron chi connectivity index (χ1n) is 9.48. The number of carbonyl (C=O) groups excluding carboxylic acids is 2. The summed E-state index contributed by atoms with van der Waals surface area (Å²) in [5.74, 6) is -0.138. The summed E-state index contributed by atoms with van der Waals surface area (Å²) in [7, 11) is 4.00. The topological polar surface area (TPSA) is 65.8 Å². The number of amides is 2. The number of hydrogen-bond donors (Lipinski definition) is 1. The fraction of sp³-hybridized carbons (Fsp3) is 0.217. The molecule has 0 aliphatic carbocycles. The van der Waals surface area contributed by atoms with Gasteiger partial charge in [0.1, 0.15) is 0 Å². The molecule has 0 atom stereocenters. The molecule has 1 N–H and O–H groups in total. The van der Waals surface area contributed by atoms with Crippen molar-refractivity contribution >= 4 is 23.2 Å². The van der Waals surface area contributed by atoms with Gasteiger partial charge in [-0.1, -0.05) is 12.1 Å². The van der Waals surface area contributed by atoms with Gasteiger partial charge in [0.25, 0.3) is 11.8 Å². The molecule has 0 bridgehead atoms. The summed E-state index contributed by atoms with van der Waals surface area (Å²) >= 11 is 0. The maximum atomic E-state index is 12.9. The zero-order valence-corrected chi connectivity index (χ0v) is 16.9. The highest BCUT2D eigenvalue weighted by atomic mass is 16.3. The van der Waals surface area contributed by atoms with Crippen LogP contribution in [0, 0.1) is 0 Å². The molecule has 0 unspecified atom stereocenters. The van der Waals surface area contributed by atoms with Gasteiger partial charge in [-0.3, -0.25) is 9.59 Å². The molecule has 0 spiro atoms. The molecule has 2 aromatic carbocycles. The van der Waals surface area contributed by atoms with E-state index >= 15 is 0 Å². The van der Waals surface area contributed by atoms with Gasteiger partial charge in [0.15, 0.2) is 5.76 Å². The highest BCUT2D eigenvalue weighted by molar-refractivity contribution is 6.02. The molecular formula is C23H25N3O3. The maximum absolute atomic E-state index is 12.9. The second-order valence-corrected chi connectivity index (χ2v) is 6.89. The minimum atomic E-state index is -0.328. The Balaban J connectivity index is 1.65. The lowest BCUT2D eigenvalue weighted by Crippen LogP contribution is -2.30. The van der Waals surface area contributed by atoms with Crippen molar-refractivity contribution in [3.8, 4) is 0 Å². The van der Waals surface area contributed by atoms with Crippen molar-refractivity contribution < 1.29 is 14.0 Å². The number of hydrogen-bond acceptors (Lipinski definition) is 4. The third-order valence-electron chi connectivity index (χ3n) is 4.63. The highest BCUT2D eigenvalue weighted by Crippen LogP contribution is 2.17. The smallest absolute Gasteiger partial charge is 0.291 e. The number of nitrogens with one attached hydrogen (secondary N) is 1. The number of benzene rings is 2. The lowest BCUT2D eigenvalue weighted by atomic mass is 10.1. The number of anilines is 2. The summed E-state index contributed by atoms with van der Waals surface area (Å²) in [6.07, 6.45) is 1.45. The number of rotatable bonds is 7. The lowest BCUT2D eigenvalue weighted by molar-refractivity contribution is 0.0752. The molecule has 6 heteroatoms. The predicted octanol–water partition coefficient (Wildman–Crippen LogP) is 4.26. The standard InChI is InChI=1S/C23H25N3O3/c1-4-26(16-17-7-13-20(14-8-17)25(2)3)23(28)18-9-11-19(12-10-18)24-22(27)21-6-5-15-29-21/h5-15H,4,16H2,1-3H3,(H,24,27). The van der Waals surface area contributed by atoms with Gasteiger partial charge in [0.2, 0.25) is 0 Å². The van der Waals surface area contributed by atoms with E-state index in [1.54, 1.807) is 41.3 Å². The van der Waals surface area contributed by atoms with E-state index in [-0.39, 0.29) is 17.6 Å². The molecule has 0 saturated carbocycles. The van der Waals surface area contributed by atoms with E-state index in [0.717, 1.165) is 11.3 Å². The van der Waals surface area contributed by atoms with Crippen LogP contribution in [-0.2, 0) is 6.54 Å². The summed E-state index contributed by atoms with van der Waals surface area (Å²) in [6, 6.07) is 18.3. The fourth-order valence-electron chi connectivity index (χ4n) is 2.93. The van der Waals surface area contributed by atoms with Crippen LogP contribution in [0.2, 0.25) is 0 Å². The van der Waals surface area contributed by atoms with Gasteiger partial charge < -0.3 is 19.5 Å². The molecule has 6 nitrogen and oxygen atoms in total. The van der Waals surface area contributed by atoms with E-state index in [1.807, 2.05) is 50.2 Å². The summed E-state index contributed by atoms with van der Waals surface area (Å²) in [5, 5.41) is 2.75. The first-order valence-corrected chi connectivity index (χ1v) is 9.48. The van der Waals surface area contributed by atoms with Crippen LogP contribution in [0.25, 0.3) is 0 Å². The molecule has 1 heterocycles. The molecule has 3 aromatic rings. The molecule has 1 aromatic heterocycles. The van der Waals surface area contributed by atoms with Crippen molar-refractivity contribution in [2.45, 2.75) is 13.5 Å².